The van der Waals surface area contributed by atoms with E-state index in [1.54, 1.807) is 24.1 Å². The predicted octanol–water partition coefficient (Wildman–Crippen LogP) is 3.65. The molecular formula is C24H32N2O4. The number of para-hydroxylation sites is 1. The molecular weight excluding hydrogens is 380 g/mol. The van der Waals surface area contributed by atoms with Crippen molar-refractivity contribution in [1.29, 1.82) is 0 Å². The van der Waals surface area contributed by atoms with Crippen LogP contribution in [-0.4, -0.2) is 43.0 Å². The molecule has 0 bridgehead atoms. The average molecular weight is 413 g/mol. The van der Waals surface area contributed by atoms with E-state index in [9.17, 15) is 9.59 Å². The van der Waals surface area contributed by atoms with Gasteiger partial charge in [-0.25, -0.2) is 0 Å². The molecule has 0 fully saturated rings. The molecule has 0 radical (unpaired) electrons. The van der Waals surface area contributed by atoms with Crippen molar-refractivity contribution in [2.24, 2.45) is 5.92 Å². The fourth-order valence-electron chi connectivity index (χ4n) is 3.01. The van der Waals surface area contributed by atoms with Gasteiger partial charge in [0.25, 0.3) is 5.91 Å². The highest BCUT2D eigenvalue weighted by Crippen LogP contribution is 2.17. The SMILES string of the molecule is CCC(C(=O)NCC(C)C)N(Cc1ccc(OC)cc1)C(=O)COc1ccccc1. The van der Waals surface area contributed by atoms with E-state index in [4.69, 9.17) is 9.47 Å². The van der Waals surface area contributed by atoms with Gasteiger partial charge in [0.2, 0.25) is 5.91 Å². The molecule has 0 aliphatic carbocycles. The van der Waals surface area contributed by atoms with Gasteiger partial charge in [-0.3, -0.25) is 9.59 Å². The summed E-state index contributed by atoms with van der Waals surface area (Å²) in [4.78, 5) is 27.5. The monoisotopic (exact) mass is 412 g/mol. The minimum absolute atomic E-state index is 0.131. The van der Waals surface area contributed by atoms with E-state index in [2.05, 4.69) is 5.32 Å². The zero-order chi connectivity index (χ0) is 21.9. The van der Waals surface area contributed by atoms with Crippen LogP contribution < -0.4 is 14.8 Å². The molecule has 0 aliphatic heterocycles. The molecule has 0 saturated carbocycles. The topological polar surface area (TPSA) is 67.9 Å². The second-order valence-corrected chi connectivity index (χ2v) is 7.53. The lowest BCUT2D eigenvalue weighted by molar-refractivity contribution is -0.143. The van der Waals surface area contributed by atoms with Gasteiger partial charge in [0.1, 0.15) is 17.5 Å². The lowest BCUT2D eigenvalue weighted by atomic mass is 10.1. The van der Waals surface area contributed by atoms with Gasteiger partial charge in [-0.2, -0.15) is 0 Å². The van der Waals surface area contributed by atoms with Gasteiger partial charge in [0.15, 0.2) is 6.61 Å². The molecule has 6 heteroatoms. The van der Waals surface area contributed by atoms with Crippen molar-refractivity contribution < 1.29 is 19.1 Å². The summed E-state index contributed by atoms with van der Waals surface area (Å²) >= 11 is 0. The summed E-state index contributed by atoms with van der Waals surface area (Å²) < 4.78 is 10.9. The smallest absolute Gasteiger partial charge is 0.261 e. The van der Waals surface area contributed by atoms with Gasteiger partial charge in [0, 0.05) is 13.1 Å². The van der Waals surface area contributed by atoms with Crippen molar-refractivity contribution in [2.75, 3.05) is 20.3 Å². The summed E-state index contributed by atoms with van der Waals surface area (Å²) in [6, 6.07) is 16.1. The van der Waals surface area contributed by atoms with Crippen molar-refractivity contribution in [2.45, 2.75) is 39.8 Å². The summed E-state index contributed by atoms with van der Waals surface area (Å²) in [5, 5.41) is 2.95. The van der Waals surface area contributed by atoms with E-state index < -0.39 is 6.04 Å². The maximum Gasteiger partial charge on any atom is 0.261 e. The van der Waals surface area contributed by atoms with Crippen LogP contribution in [0.15, 0.2) is 54.6 Å². The summed E-state index contributed by atoms with van der Waals surface area (Å²) in [6.45, 7) is 6.74. The largest absolute Gasteiger partial charge is 0.497 e. The molecule has 2 aromatic rings. The average Bonchev–Trinajstić information content (AvgIpc) is 2.77. The zero-order valence-corrected chi connectivity index (χ0v) is 18.3. The Morgan fingerprint density at radius 3 is 2.23 bits per heavy atom. The molecule has 0 aliphatic rings. The minimum atomic E-state index is -0.572. The fraction of sp³-hybridized carbons (Fsp3) is 0.417. The van der Waals surface area contributed by atoms with E-state index in [1.807, 2.05) is 63.2 Å². The number of ether oxygens (including phenoxy) is 2. The van der Waals surface area contributed by atoms with Crippen LogP contribution in [0.4, 0.5) is 0 Å². The summed E-state index contributed by atoms with van der Waals surface area (Å²) in [5.41, 5.74) is 0.916. The lowest BCUT2D eigenvalue weighted by Gasteiger charge is -2.30. The number of rotatable bonds is 11. The number of nitrogens with one attached hydrogen (secondary N) is 1. The number of methoxy groups -OCH3 is 1. The first-order valence-electron chi connectivity index (χ1n) is 10.3. The Hall–Kier alpha value is -3.02. The van der Waals surface area contributed by atoms with E-state index >= 15 is 0 Å². The number of hydrogen-bond acceptors (Lipinski definition) is 4. The van der Waals surface area contributed by atoms with Crippen LogP contribution in [0.5, 0.6) is 11.5 Å². The Morgan fingerprint density at radius 2 is 1.67 bits per heavy atom. The summed E-state index contributed by atoms with van der Waals surface area (Å²) in [6.07, 6.45) is 0.511. The van der Waals surface area contributed by atoms with Gasteiger partial charge < -0.3 is 19.7 Å². The van der Waals surface area contributed by atoms with Crippen LogP contribution >= 0.6 is 0 Å². The molecule has 30 heavy (non-hydrogen) atoms. The van der Waals surface area contributed by atoms with Gasteiger partial charge in [0.05, 0.1) is 7.11 Å². The molecule has 0 spiro atoms. The fourth-order valence-corrected chi connectivity index (χ4v) is 3.01. The molecule has 0 saturated heterocycles. The van der Waals surface area contributed by atoms with Crippen molar-refractivity contribution in [3.63, 3.8) is 0 Å². The number of benzene rings is 2. The van der Waals surface area contributed by atoms with Crippen LogP contribution in [-0.2, 0) is 16.1 Å². The number of hydrogen-bond donors (Lipinski definition) is 1. The Labute approximate surface area is 179 Å². The number of carbonyl (C=O) groups excluding carboxylic acids is 2. The molecule has 0 heterocycles. The normalized spacial score (nSPS) is 11.6. The summed E-state index contributed by atoms with van der Waals surface area (Å²) in [7, 11) is 1.61. The first-order chi connectivity index (χ1) is 14.4. The van der Waals surface area contributed by atoms with Gasteiger partial charge in [-0.15, -0.1) is 0 Å². The number of nitrogens with zero attached hydrogens (tertiary/aromatic N) is 1. The van der Waals surface area contributed by atoms with Crippen LogP contribution in [0.1, 0.15) is 32.8 Å². The van der Waals surface area contributed by atoms with Crippen LogP contribution in [0.2, 0.25) is 0 Å². The van der Waals surface area contributed by atoms with Crippen LogP contribution in [0.3, 0.4) is 0 Å². The Morgan fingerprint density at radius 1 is 1.00 bits per heavy atom. The molecule has 1 atom stereocenters. The van der Waals surface area contributed by atoms with E-state index in [0.717, 1.165) is 11.3 Å². The van der Waals surface area contributed by atoms with Crippen LogP contribution in [0, 0.1) is 5.92 Å². The minimum Gasteiger partial charge on any atom is -0.497 e. The highest BCUT2D eigenvalue weighted by atomic mass is 16.5. The lowest BCUT2D eigenvalue weighted by Crippen LogP contribution is -2.50. The maximum atomic E-state index is 13.1. The number of amides is 2. The Kier molecular flexibility index (Phi) is 9.19. The standard InChI is InChI=1S/C24H32N2O4/c1-5-22(24(28)25-15-18(2)3)26(16-19-11-13-20(29-4)14-12-19)23(27)17-30-21-9-7-6-8-10-21/h6-14,18,22H,5,15-17H2,1-4H3,(H,25,28). The highest BCUT2D eigenvalue weighted by molar-refractivity contribution is 5.88. The molecule has 2 aromatic carbocycles. The zero-order valence-electron chi connectivity index (χ0n) is 18.3. The molecule has 1 N–H and O–H groups in total. The second-order valence-electron chi connectivity index (χ2n) is 7.53. The molecule has 162 valence electrons. The first kappa shape index (κ1) is 23.3. The Bertz CT molecular complexity index is 791. The quantitative estimate of drug-likeness (QED) is 0.612. The molecule has 6 nitrogen and oxygen atoms in total. The predicted molar refractivity (Wildman–Crippen MR) is 117 cm³/mol. The van der Waals surface area contributed by atoms with Crippen molar-refractivity contribution in [3.8, 4) is 11.5 Å². The Balaban J connectivity index is 2.17. The van der Waals surface area contributed by atoms with Crippen molar-refractivity contribution in [3.05, 3.63) is 60.2 Å². The third-order valence-corrected chi connectivity index (χ3v) is 4.69. The van der Waals surface area contributed by atoms with Gasteiger partial charge in [-0.1, -0.05) is 51.1 Å². The molecule has 2 amide bonds. The maximum absolute atomic E-state index is 13.1. The van der Waals surface area contributed by atoms with Crippen LogP contribution in [0.25, 0.3) is 0 Å². The van der Waals surface area contributed by atoms with E-state index in [0.29, 0.717) is 31.2 Å². The first-order valence-corrected chi connectivity index (χ1v) is 10.3. The summed E-state index contributed by atoms with van der Waals surface area (Å²) in [5.74, 6) is 1.31. The second kappa shape index (κ2) is 11.9. The third-order valence-electron chi connectivity index (χ3n) is 4.69. The molecule has 0 aromatic heterocycles. The molecule has 2 rings (SSSR count). The van der Waals surface area contributed by atoms with Crippen molar-refractivity contribution in [1.82, 2.24) is 10.2 Å². The third kappa shape index (κ3) is 7.10. The van der Waals surface area contributed by atoms with Gasteiger partial charge >= 0.3 is 0 Å². The van der Waals surface area contributed by atoms with Crippen molar-refractivity contribution >= 4 is 11.8 Å². The van der Waals surface area contributed by atoms with E-state index in [1.165, 1.54) is 0 Å². The van der Waals surface area contributed by atoms with Gasteiger partial charge in [-0.05, 0) is 42.2 Å². The highest BCUT2D eigenvalue weighted by Gasteiger charge is 2.29. The molecule has 1 unspecified atom stereocenters. The van der Waals surface area contributed by atoms with E-state index in [-0.39, 0.29) is 18.4 Å². The number of carbonyl (C=O) groups is 2.